The highest BCUT2D eigenvalue weighted by molar-refractivity contribution is 6.25. The molecule has 0 N–H and O–H groups in total. The molecule has 258 valence electrons. The summed E-state index contributed by atoms with van der Waals surface area (Å²) in [6.07, 6.45) is 0. The van der Waals surface area contributed by atoms with E-state index in [1.807, 2.05) is 0 Å². The van der Waals surface area contributed by atoms with E-state index in [2.05, 4.69) is 191 Å². The maximum Gasteiger partial charge on any atom is 0.0165 e. The van der Waals surface area contributed by atoms with E-state index < -0.39 is 0 Å². The smallest absolute Gasteiger partial charge is 0.0165 e. The molecule has 0 aromatic heterocycles. The monoisotopic (exact) mass is 674 g/mol. The van der Waals surface area contributed by atoms with Crippen LogP contribution in [0.2, 0.25) is 0 Å². The average Bonchev–Trinajstić information content (AvgIpc) is 3.50. The number of rotatable bonds is 2. The van der Waals surface area contributed by atoms with Crippen molar-refractivity contribution < 1.29 is 0 Å². The van der Waals surface area contributed by atoms with Gasteiger partial charge in [0.25, 0.3) is 0 Å². The maximum atomic E-state index is 2.46. The van der Waals surface area contributed by atoms with Crippen molar-refractivity contribution in [3.8, 4) is 44.5 Å². The van der Waals surface area contributed by atoms with Gasteiger partial charge in [-0.1, -0.05) is 191 Å². The van der Waals surface area contributed by atoms with Gasteiger partial charge in [-0.15, -0.1) is 0 Å². The lowest BCUT2D eigenvalue weighted by Gasteiger charge is -2.30. The standard InChI is InChI=1S/C52H50/c1-49(2,3)33-23-19-31(20-24-33)43-39-29-27-38-36-16-12-14-18-42(36)52(9,10)48(38)46(39)44(32-21-25-34(26-22-32)50(4,5)6)40-30-28-37-35-15-11-13-17-41(35)51(7,8)47(37)45(40)43/h11-30H,1-10H3. The fourth-order valence-electron chi connectivity index (χ4n) is 9.83. The van der Waals surface area contributed by atoms with Crippen molar-refractivity contribution in [3.63, 3.8) is 0 Å². The maximum absolute atomic E-state index is 2.46. The first-order valence-electron chi connectivity index (χ1n) is 19.1. The van der Waals surface area contributed by atoms with Gasteiger partial charge < -0.3 is 0 Å². The van der Waals surface area contributed by atoms with Crippen LogP contribution in [0.15, 0.2) is 121 Å². The quantitative estimate of drug-likeness (QED) is 0.160. The largest absolute Gasteiger partial charge is 0.0619 e. The lowest BCUT2D eigenvalue weighted by atomic mass is 9.73. The Kier molecular flexibility index (Phi) is 6.84. The third-order valence-corrected chi connectivity index (χ3v) is 12.6. The highest BCUT2D eigenvalue weighted by atomic mass is 14.4. The second kappa shape index (κ2) is 10.8. The van der Waals surface area contributed by atoms with Crippen molar-refractivity contribution in [2.75, 3.05) is 0 Å². The van der Waals surface area contributed by atoms with Gasteiger partial charge in [-0.2, -0.15) is 0 Å². The first-order valence-corrected chi connectivity index (χ1v) is 19.1. The molecule has 52 heavy (non-hydrogen) atoms. The van der Waals surface area contributed by atoms with Crippen molar-refractivity contribution >= 4 is 21.5 Å². The number of fused-ring (bicyclic) bond motifs is 10. The summed E-state index contributed by atoms with van der Waals surface area (Å²) in [6.45, 7) is 23.6. The van der Waals surface area contributed by atoms with Gasteiger partial charge in [0, 0.05) is 10.8 Å². The van der Waals surface area contributed by atoms with E-state index in [-0.39, 0.29) is 21.7 Å². The van der Waals surface area contributed by atoms with Crippen molar-refractivity contribution in [1.82, 2.24) is 0 Å². The molecule has 0 saturated carbocycles. The second-order valence-corrected chi connectivity index (χ2v) is 18.6. The van der Waals surface area contributed by atoms with E-state index in [0.29, 0.717) is 0 Å². The Morgan fingerprint density at radius 1 is 0.365 bits per heavy atom. The van der Waals surface area contributed by atoms with Gasteiger partial charge in [-0.25, -0.2) is 0 Å². The Balaban J connectivity index is 1.51. The normalized spacial score (nSPS) is 15.4. The summed E-state index contributed by atoms with van der Waals surface area (Å²) in [4.78, 5) is 0. The van der Waals surface area contributed by atoms with E-state index in [1.54, 1.807) is 0 Å². The van der Waals surface area contributed by atoms with E-state index in [1.165, 1.54) is 99.4 Å². The van der Waals surface area contributed by atoms with Gasteiger partial charge in [0.1, 0.15) is 0 Å². The minimum atomic E-state index is -0.168. The van der Waals surface area contributed by atoms with Crippen molar-refractivity contribution in [2.24, 2.45) is 0 Å². The molecule has 2 aliphatic carbocycles. The second-order valence-electron chi connectivity index (χ2n) is 18.6. The molecule has 0 saturated heterocycles. The summed E-state index contributed by atoms with van der Waals surface area (Å²) in [5, 5.41) is 5.45. The molecule has 0 bridgehead atoms. The van der Waals surface area contributed by atoms with Gasteiger partial charge in [0.2, 0.25) is 0 Å². The van der Waals surface area contributed by atoms with Crippen LogP contribution in [0.3, 0.4) is 0 Å². The molecular formula is C52H50. The fraction of sp³-hybridized carbons (Fsp3) is 0.269. The fourth-order valence-corrected chi connectivity index (χ4v) is 9.83. The molecule has 7 aromatic carbocycles. The Morgan fingerprint density at radius 3 is 1.06 bits per heavy atom. The van der Waals surface area contributed by atoms with Crippen molar-refractivity contribution in [1.29, 1.82) is 0 Å². The van der Waals surface area contributed by atoms with Crippen LogP contribution in [0.4, 0.5) is 0 Å². The van der Waals surface area contributed by atoms with E-state index in [0.717, 1.165) is 0 Å². The van der Waals surface area contributed by atoms with Crippen LogP contribution in [0.5, 0.6) is 0 Å². The first kappa shape index (κ1) is 32.9. The van der Waals surface area contributed by atoms with Crippen LogP contribution in [0.1, 0.15) is 103 Å². The van der Waals surface area contributed by atoms with Crippen molar-refractivity contribution in [2.45, 2.75) is 90.9 Å². The first-order chi connectivity index (χ1) is 24.6. The SMILES string of the molecule is CC(C)(C)c1ccc(-c2c3ccc4c(c3c(-c3ccc(C(C)(C)C)cc3)c3ccc5c(c23)C(C)(C)c2ccccc2-5)C(C)(C)c2ccccc2-4)cc1. The summed E-state index contributed by atoms with van der Waals surface area (Å²) >= 11 is 0. The predicted octanol–water partition coefficient (Wildman–Crippen LogP) is 14.5. The van der Waals surface area contributed by atoms with Crippen LogP contribution in [0.25, 0.3) is 66.1 Å². The Labute approximate surface area is 310 Å². The molecule has 0 unspecified atom stereocenters. The van der Waals surface area contributed by atoms with Crippen LogP contribution < -0.4 is 0 Å². The Bertz CT molecular complexity index is 2410. The van der Waals surface area contributed by atoms with Gasteiger partial charge in [0.15, 0.2) is 0 Å². The number of hydrogen-bond acceptors (Lipinski definition) is 0. The molecule has 0 spiro atoms. The Morgan fingerprint density at radius 2 is 0.712 bits per heavy atom. The molecule has 0 amide bonds. The molecule has 0 heterocycles. The van der Waals surface area contributed by atoms with Crippen LogP contribution in [-0.4, -0.2) is 0 Å². The predicted molar refractivity (Wildman–Crippen MR) is 225 cm³/mol. The van der Waals surface area contributed by atoms with Crippen LogP contribution in [0, 0.1) is 0 Å². The average molecular weight is 675 g/mol. The Hall–Kier alpha value is -4.94. The summed E-state index contributed by atoms with van der Waals surface area (Å²) in [7, 11) is 0. The molecule has 0 heteroatoms. The molecule has 0 radical (unpaired) electrons. The zero-order chi connectivity index (χ0) is 36.5. The van der Waals surface area contributed by atoms with Gasteiger partial charge in [0.05, 0.1) is 0 Å². The highest BCUT2D eigenvalue weighted by Gasteiger charge is 2.41. The molecule has 0 aliphatic heterocycles. The third kappa shape index (κ3) is 4.52. The van der Waals surface area contributed by atoms with E-state index in [9.17, 15) is 0 Å². The van der Waals surface area contributed by atoms with Crippen LogP contribution >= 0.6 is 0 Å². The molecule has 7 aromatic rings. The topological polar surface area (TPSA) is 0 Å². The molecule has 2 aliphatic rings. The van der Waals surface area contributed by atoms with E-state index >= 15 is 0 Å². The summed E-state index contributed by atoms with van der Waals surface area (Å²) in [5.74, 6) is 0. The lowest BCUT2D eigenvalue weighted by Crippen LogP contribution is -2.17. The molecule has 0 nitrogen and oxygen atoms in total. The van der Waals surface area contributed by atoms with E-state index in [4.69, 9.17) is 0 Å². The zero-order valence-corrected chi connectivity index (χ0v) is 32.5. The third-order valence-electron chi connectivity index (χ3n) is 12.6. The molecule has 9 rings (SSSR count). The number of benzene rings is 7. The molecule has 0 atom stereocenters. The summed E-state index contributed by atoms with van der Waals surface area (Å²) in [5.41, 5.74) is 19.0. The van der Waals surface area contributed by atoms with Gasteiger partial charge >= 0.3 is 0 Å². The minimum absolute atomic E-state index is 0.0766. The van der Waals surface area contributed by atoms with Crippen LogP contribution in [-0.2, 0) is 21.7 Å². The molecule has 0 fully saturated rings. The summed E-state index contributed by atoms with van der Waals surface area (Å²) < 4.78 is 0. The number of hydrogen-bond donors (Lipinski definition) is 0. The zero-order valence-electron chi connectivity index (χ0n) is 32.5. The lowest BCUT2D eigenvalue weighted by molar-refractivity contribution is 0.590. The van der Waals surface area contributed by atoms with Crippen molar-refractivity contribution in [3.05, 3.63) is 155 Å². The minimum Gasteiger partial charge on any atom is -0.0619 e. The van der Waals surface area contributed by atoms with Gasteiger partial charge in [-0.3, -0.25) is 0 Å². The van der Waals surface area contributed by atoms with Gasteiger partial charge in [-0.05, 0) is 110 Å². The highest BCUT2D eigenvalue weighted by Crippen LogP contribution is 2.59. The molecular weight excluding hydrogens is 625 g/mol. The summed E-state index contributed by atoms with van der Waals surface area (Å²) in [6, 6.07) is 47.0.